The van der Waals surface area contributed by atoms with E-state index in [9.17, 15) is 8.78 Å². The van der Waals surface area contributed by atoms with Crippen LogP contribution in [0, 0.1) is 18.6 Å². The molecule has 0 radical (unpaired) electrons. The summed E-state index contributed by atoms with van der Waals surface area (Å²) in [4.78, 5) is 0. The first kappa shape index (κ1) is 12.4. The lowest BCUT2D eigenvalue weighted by atomic mass is 10.2. The molecule has 2 N–H and O–H groups in total. The van der Waals surface area contributed by atoms with Crippen LogP contribution in [0.3, 0.4) is 0 Å². The fourth-order valence-corrected chi connectivity index (χ4v) is 1.61. The molecule has 0 saturated heterocycles. The molecule has 94 valence electrons. The van der Waals surface area contributed by atoms with Gasteiger partial charge in [-0.3, -0.25) is 0 Å². The second kappa shape index (κ2) is 5.04. The highest BCUT2D eigenvalue weighted by Gasteiger charge is 2.06. The Kier molecular flexibility index (Phi) is 3.46. The van der Waals surface area contributed by atoms with Crippen LogP contribution in [0.4, 0.5) is 14.5 Å². The highest BCUT2D eigenvalue weighted by molar-refractivity contribution is 5.54. The molecule has 0 fully saturated rings. The summed E-state index contributed by atoms with van der Waals surface area (Å²) in [5.41, 5.74) is 7.41. The van der Waals surface area contributed by atoms with Gasteiger partial charge in [0.25, 0.3) is 0 Å². The Morgan fingerprint density at radius 3 is 2.61 bits per heavy atom. The maximum Gasteiger partial charge on any atom is 0.142 e. The molecule has 0 amide bonds. The number of halogens is 2. The summed E-state index contributed by atoms with van der Waals surface area (Å²) in [6.45, 7) is 1.85. The van der Waals surface area contributed by atoms with Crippen molar-refractivity contribution in [1.82, 2.24) is 0 Å². The van der Waals surface area contributed by atoms with E-state index in [4.69, 9.17) is 10.5 Å². The number of hydrogen-bond acceptors (Lipinski definition) is 2. The Balaban J connectivity index is 2.13. The van der Waals surface area contributed by atoms with Crippen molar-refractivity contribution in [2.45, 2.75) is 13.5 Å². The molecule has 0 aromatic heterocycles. The molecular weight excluding hydrogens is 236 g/mol. The molecule has 0 atom stereocenters. The Bertz CT molecular complexity index is 570. The molecule has 2 aromatic carbocycles. The molecule has 2 nitrogen and oxygen atoms in total. The molecule has 0 saturated carbocycles. The molecule has 0 unspecified atom stereocenters. The average Bonchev–Trinajstić information content (AvgIpc) is 2.32. The summed E-state index contributed by atoms with van der Waals surface area (Å²) in [5.74, 6) is -0.529. The smallest absolute Gasteiger partial charge is 0.142 e. The van der Waals surface area contributed by atoms with E-state index >= 15 is 0 Å². The van der Waals surface area contributed by atoms with Crippen LogP contribution in [0.2, 0.25) is 0 Å². The van der Waals surface area contributed by atoms with Crippen LogP contribution in [0.15, 0.2) is 36.4 Å². The number of benzene rings is 2. The van der Waals surface area contributed by atoms with E-state index in [1.807, 2.05) is 13.0 Å². The van der Waals surface area contributed by atoms with Crippen molar-refractivity contribution in [3.05, 3.63) is 59.2 Å². The molecular formula is C14H13F2NO. The van der Waals surface area contributed by atoms with Gasteiger partial charge in [0.05, 0.1) is 5.69 Å². The minimum absolute atomic E-state index is 0.0587. The standard InChI is InChI=1S/C14H13F2NO/c1-9-2-5-14(13(17)6-9)18-8-10-7-11(15)3-4-12(10)16/h2-7H,8,17H2,1H3. The van der Waals surface area contributed by atoms with Gasteiger partial charge in [-0.1, -0.05) is 6.07 Å². The molecule has 2 aromatic rings. The minimum Gasteiger partial charge on any atom is -0.487 e. The lowest BCUT2D eigenvalue weighted by Gasteiger charge is -2.10. The third kappa shape index (κ3) is 2.77. The first-order valence-corrected chi connectivity index (χ1v) is 5.49. The maximum absolute atomic E-state index is 13.4. The average molecular weight is 249 g/mol. The SMILES string of the molecule is Cc1ccc(OCc2cc(F)ccc2F)c(N)c1. The molecule has 0 aliphatic heterocycles. The number of ether oxygens (including phenoxy) is 1. The monoisotopic (exact) mass is 249 g/mol. The van der Waals surface area contributed by atoms with Gasteiger partial charge in [-0.15, -0.1) is 0 Å². The fourth-order valence-electron chi connectivity index (χ4n) is 1.61. The first-order chi connectivity index (χ1) is 8.56. The van der Waals surface area contributed by atoms with Gasteiger partial charge < -0.3 is 10.5 Å². The van der Waals surface area contributed by atoms with Crippen molar-refractivity contribution in [2.75, 3.05) is 5.73 Å². The third-order valence-electron chi connectivity index (χ3n) is 2.56. The predicted octanol–water partition coefficient (Wildman–Crippen LogP) is 3.43. The van der Waals surface area contributed by atoms with Crippen LogP contribution in [0.1, 0.15) is 11.1 Å². The number of rotatable bonds is 3. The number of nitrogen functional groups attached to an aromatic ring is 1. The van der Waals surface area contributed by atoms with Crippen LogP contribution in [-0.4, -0.2) is 0 Å². The summed E-state index contributed by atoms with van der Waals surface area (Å²) in [5, 5.41) is 0. The fraction of sp³-hybridized carbons (Fsp3) is 0.143. The third-order valence-corrected chi connectivity index (χ3v) is 2.56. The first-order valence-electron chi connectivity index (χ1n) is 5.49. The van der Waals surface area contributed by atoms with Crippen molar-refractivity contribution < 1.29 is 13.5 Å². The van der Waals surface area contributed by atoms with Gasteiger partial charge in [0, 0.05) is 5.56 Å². The van der Waals surface area contributed by atoms with E-state index in [-0.39, 0.29) is 12.2 Å². The summed E-state index contributed by atoms with van der Waals surface area (Å²) >= 11 is 0. The molecule has 2 rings (SSSR count). The molecule has 0 spiro atoms. The summed E-state index contributed by atoms with van der Waals surface area (Å²) in [7, 11) is 0. The molecule has 0 aliphatic rings. The van der Waals surface area contributed by atoms with Crippen LogP contribution in [0.25, 0.3) is 0 Å². The number of hydrogen-bond donors (Lipinski definition) is 1. The van der Waals surface area contributed by atoms with Crippen LogP contribution >= 0.6 is 0 Å². The molecule has 18 heavy (non-hydrogen) atoms. The predicted molar refractivity (Wildman–Crippen MR) is 66.3 cm³/mol. The van der Waals surface area contributed by atoms with Crippen molar-refractivity contribution in [3.8, 4) is 5.75 Å². The highest BCUT2D eigenvalue weighted by Crippen LogP contribution is 2.23. The normalized spacial score (nSPS) is 10.4. The Hall–Kier alpha value is -2.10. The van der Waals surface area contributed by atoms with Crippen molar-refractivity contribution in [3.63, 3.8) is 0 Å². The molecule has 0 heterocycles. The Morgan fingerprint density at radius 1 is 1.11 bits per heavy atom. The van der Waals surface area contributed by atoms with E-state index in [0.29, 0.717) is 11.4 Å². The van der Waals surface area contributed by atoms with E-state index < -0.39 is 11.6 Å². The van der Waals surface area contributed by atoms with Crippen molar-refractivity contribution in [1.29, 1.82) is 0 Å². The second-order valence-electron chi connectivity index (χ2n) is 4.07. The lowest BCUT2D eigenvalue weighted by molar-refractivity contribution is 0.300. The zero-order valence-electron chi connectivity index (χ0n) is 9.91. The van der Waals surface area contributed by atoms with Gasteiger partial charge in [0.1, 0.15) is 24.0 Å². The van der Waals surface area contributed by atoms with Gasteiger partial charge in [-0.2, -0.15) is 0 Å². The zero-order valence-corrected chi connectivity index (χ0v) is 9.91. The molecule has 0 bridgehead atoms. The van der Waals surface area contributed by atoms with Crippen LogP contribution in [-0.2, 0) is 6.61 Å². The highest BCUT2D eigenvalue weighted by atomic mass is 19.1. The van der Waals surface area contributed by atoms with E-state index in [2.05, 4.69) is 0 Å². The summed E-state index contributed by atoms with van der Waals surface area (Å²) in [6, 6.07) is 8.57. The minimum atomic E-state index is -0.498. The van der Waals surface area contributed by atoms with E-state index in [1.165, 1.54) is 0 Å². The molecule has 4 heteroatoms. The van der Waals surface area contributed by atoms with E-state index in [0.717, 1.165) is 23.8 Å². The summed E-state index contributed by atoms with van der Waals surface area (Å²) in [6.07, 6.45) is 0. The van der Waals surface area contributed by atoms with Gasteiger partial charge in [0.2, 0.25) is 0 Å². The zero-order chi connectivity index (χ0) is 13.1. The number of aryl methyl sites for hydroxylation is 1. The number of anilines is 1. The quantitative estimate of drug-likeness (QED) is 0.846. The van der Waals surface area contributed by atoms with E-state index in [1.54, 1.807) is 12.1 Å². The Morgan fingerprint density at radius 2 is 1.89 bits per heavy atom. The van der Waals surface area contributed by atoms with Gasteiger partial charge in [-0.25, -0.2) is 8.78 Å². The largest absolute Gasteiger partial charge is 0.487 e. The topological polar surface area (TPSA) is 35.2 Å². The summed E-state index contributed by atoms with van der Waals surface area (Å²) < 4.78 is 31.7. The van der Waals surface area contributed by atoms with Crippen LogP contribution < -0.4 is 10.5 Å². The Labute approximate surface area is 104 Å². The van der Waals surface area contributed by atoms with Crippen molar-refractivity contribution in [2.24, 2.45) is 0 Å². The molecule has 0 aliphatic carbocycles. The number of nitrogens with two attached hydrogens (primary N) is 1. The van der Waals surface area contributed by atoms with Gasteiger partial charge in [0.15, 0.2) is 0 Å². The van der Waals surface area contributed by atoms with Crippen molar-refractivity contribution >= 4 is 5.69 Å². The van der Waals surface area contributed by atoms with Gasteiger partial charge >= 0.3 is 0 Å². The van der Waals surface area contributed by atoms with Crippen LogP contribution in [0.5, 0.6) is 5.75 Å². The van der Waals surface area contributed by atoms with Gasteiger partial charge in [-0.05, 0) is 42.8 Å². The second-order valence-corrected chi connectivity index (χ2v) is 4.07. The lowest BCUT2D eigenvalue weighted by Crippen LogP contribution is -2.01. The maximum atomic E-state index is 13.4.